The van der Waals surface area contributed by atoms with E-state index in [4.69, 9.17) is 5.73 Å². The van der Waals surface area contributed by atoms with E-state index in [9.17, 15) is 4.79 Å². The van der Waals surface area contributed by atoms with Gasteiger partial charge in [-0.3, -0.25) is 9.79 Å². The van der Waals surface area contributed by atoms with E-state index in [1.165, 1.54) is 38.0 Å². The largest absolute Gasteiger partial charge is 0.405 e. The Balaban J connectivity index is 2.33. The smallest absolute Gasteiger partial charge is 0.269 e. The van der Waals surface area contributed by atoms with Crippen LogP contribution in [0, 0.1) is 5.92 Å². The molecule has 1 fully saturated rings. The summed E-state index contributed by atoms with van der Waals surface area (Å²) in [5.41, 5.74) is 5.60. The minimum atomic E-state index is -0.133. The van der Waals surface area contributed by atoms with E-state index in [1.807, 2.05) is 0 Å². The number of amides is 1. The third kappa shape index (κ3) is 3.73. The van der Waals surface area contributed by atoms with Gasteiger partial charge in [0.05, 0.1) is 0 Å². The van der Waals surface area contributed by atoms with Crippen molar-refractivity contribution in [2.24, 2.45) is 16.6 Å². The van der Waals surface area contributed by atoms with E-state index in [1.54, 1.807) is 7.05 Å². The van der Waals surface area contributed by atoms with Gasteiger partial charge in [0.1, 0.15) is 5.71 Å². The van der Waals surface area contributed by atoms with Crippen LogP contribution in [0.15, 0.2) is 17.3 Å². The SMILES string of the molecule is CN=C(C=CN)C(=O)NCC1CCCC1. The first kappa shape index (κ1) is 11.8. The number of carbonyl (C=O) groups excluding carboxylic acids is 1. The first-order chi connectivity index (χ1) is 7.27. The van der Waals surface area contributed by atoms with Crippen LogP contribution in [0.5, 0.6) is 0 Å². The molecule has 0 heterocycles. The predicted molar refractivity (Wildman–Crippen MR) is 61.7 cm³/mol. The van der Waals surface area contributed by atoms with Gasteiger partial charge in [0.2, 0.25) is 0 Å². The van der Waals surface area contributed by atoms with Crippen molar-refractivity contribution >= 4 is 11.6 Å². The molecule has 0 aromatic heterocycles. The molecular formula is C11H19N3O. The maximum atomic E-state index is 11.6. The molecule has 0 atom stereocenters. The summed E-state index contributed by atoms with van der Waals surface area (Å²) in [4.78, 5) is 15.4. The molecule has 1 rings (SSSR count). The second-order valence-electron chi connectivity index (χ2n) is 3.83. The van der Waals surface area contributed by atoms with Gasteiger partial charge in [-0.15, -0.1) is 0 Å². The molecule has 3 N–H and O–H groups in total. The highest BCUT2D eigenvalue weighted by molar-refractivity contribution is 6.43. The lowest BCUT2D eigenvalue weighted by atomic mass is 10.1. The monoisotopic (exact) mass is 209 g/mol. The number of rotatable bonds is 4. The Morgan fingerprint density at radius 2 is 2.20 bits per heavy atom. The van der Waals surface area contributed by atoms with Crippen molar-refractivity contribution in [1.82, 2.24) is 5.32 Å². The average Bonchev–Trinajstić information content (AvgIpc) is 2.75. The van der Waals surface area contributed by atoms with Gasteiger partial charge < -0.3 is 11.1 Å². The molecule has 0 saturated heterocycles. The van der Waals surface area contributed by atoms with Crippen molar-refractivity contribution in [3.8, 4) is 0 Å². The quantitative estimate of drug-likeness (QED) is 0.674. The molecule has 1 aliphatic carbocycles. The Bertz CT molecular complexity index is 265. The van der Waals surface area contributed by atoms with Crippen LogP contribution < -0.4 is 11.1 Å². The summed E-state index contributed by atoms with van der Waals surface area (Å²) in [5.74, 6) is 0.514. The van der Waals surface area contributed by atoms with Crippen molar-refractivity contribution in [1.29, 1.82) is 0 Å². The van der Waals surface area contributed by atoms with Gasteiger partial charge in [-0.2, -0.15) is 0 Å². The van der Waals surface area contributed by atoms with Gasteiger partial charge in [0.25, 0.3) is 5.91 Å². The minimum absolute atomic E-state index is 0.133. The summed E-state index contributed by atoms with van der Waals surface area (Å²) >= 11 is 0. The van der Waals surface area contributed by atoms with E-state index < -0.39 is 0 Å². The molecule has 0 aromatic carbocycles. The zero-order chi connectivity index (χ0) is 11.1. The van der Waals surface area contributed by atoms with Crippen molar-refractivity contribution in [3.05, 3.63) is 12.3 Å². The molecule has 4 nitrogen and oxygen atoms in total. The van der Waals surface area contributed by atoms with E-state index in [2.05, 4.69) is 10.3 Å². The summed E-state index contributed by atoms with van der Waals surface area (Å²) in [6, 6.07) is 0. The molecule has 15 heavy (non-hydrogen) atoms. The Kier molecular flexibility index (Phi) is 4.87. The van der Waals surface area contributed by atoms with Crippen molar-refractivity contribution in [3.63, 3.8) is 0 Å². The molecule has 1 aliphatic rings. The first-order valence-electron chi connectivity index (χ1n) is 5.41. The lowest BCUT2D eigenvalue weighted by Gasteiger charge is -2.10. The van der Waals surface area contributed by atoms with E-state index >= 15 is 0 Å². The molecule has 0 bridgehead atoms. The summed E-state index contributed by atoms with van der Waals surface area (Å²) < 4.78 is 0. The number of nitrogens with zero attached hydrogens (tertiary/aromatic N) is 1. The fourth-order valence-electron chi connectivity index (χ4n) is 1.88. The molecule has 0 aliphatic heterocycles. The van der Waals surface area contributed by atoms with Gasteiger partial charge in [0, 0.05) is 13.6 Å². The van der Waals surface area contributed by atoms with Crippen LogP contribution in [0.4, 0.5) is 0 Å². The van der Waals surface area contributed by atoms with Crippen LogP contribution in [0.3, 0.4) is 0 Å². The van der Waals surface area contributed by atoms with Crippen LogP contribution >= 0.6 is 0 Å². The highest BCUT2D eigenvalue weighted by atomic mass is 16.1. The maximum Gasteiger partial charge on any atom is 0.269 e. The average molecular weight is 209 g/mol. The Morgan fingerprint density at radius 3 is 2.73 bits per heavy atom. The molecule has 0 aromatic rings. The molecule has 4 heteroatoms. The molecule has 0 unspecified atom stereocenters. The number of nitrogens with one attached hydrogen (secondary N) is 1. The number of hydrogen-bond acceptors (Lipinski definition) is 3. The summed E-state index contributed by atoms with van der Waals surface area (Å²) in [6.45, 7) is 0.760. The van der Waals surface area contributed by atoms with Crippen LogP contribution in [0.1, 0.15) is 25.7 Å². The van der Waals surface area contributed by atoms with Crippen molar-refractivity contribution in [2.75, 3.05) is 13.6 Å². The first-order valence-corrected chi connectivity index (χ1v) is 5.41. The van der Waals surface area contributed by atoms with E-state index in [-0.39, 0.29) is 5.91 Å². The van der Waals surface area contributed by atoms with E-state index in [0.29, 0.717) is 11.6 Å². The van der Waals surface area contributed by atoms with Gasteiger partial charge in [-0.1, -0.05) is 12.8 Å². The van der Waals surface area contributed by atoms with Crippen LogP contribution in [0.2, 0.25) is 0 Å². The Hall–Kier alpha value is -1.32. The van der Waals surface area contributed by atoms with E-state index in [0.717, 1.165) is 6.54 Å². The summed E-state index contributed by atoms with van der Waals surface area (Å²) in [7, 11) is 1.59. The highest BCUT2D eigenvalue weighted by Crippen LogP contribution is 2.23. The third-order valence-corrected chi connectivity index (χ3v) is 2.75. The lowest BCUT2D eigenvalue weighted by Crippen LogP contribution is -2.33. The highest BCUT2D eigenvalue weighted by Gasteiger charge is 2.16. The second-order valence-corrected chi connectivity index (χ2v) is 3.83. The third-order valence-electron chi connectivity index (χ3n) is 2.75. The second kappa shape index (κ2) is 6.22. The Labute approximate surface area is 90.6 Å². The molecule has 0 radical (unpaired) electrons. The zero-order valence-corrected chi connectivity index (χ0v) is 9.20. The number of hydrogen-bond donors (Lipinski definition) is 2. The molecule has 1 amide bonds. The van der Waals surface area contributed by atoms with Gasteiger partial charge in [0.15, 0.2) is 0 Å². The predicted octanol–water partition coefficient (Wildman–Crippen LogP) is 0.836. The molecule has 0 spiro atoms. The Morgan fingerprint density at radius 1 is 1.53 bits per heavy atom. The van der Waals surface area contributed by atoms with Gasteiger partial charge >= 0.3 is 0 Å². The molecular weight excluding hydrogens is 190 g/mol. The van der Waals surface area contributed by atoms with Crippen LogP contribution in [0.25, 0.3) is 0 Å². The van der Waals surface area contributed by atoms with Crippen molar-refractivity contribution in [2.45, 2.75) is 25.7 Å². The van der Waals surface area contributed by atoms with Crippen LogP contribution in [-0.2, 0) is 4.79 Å². The van der Waals surface area contributed by atoms with Gasteiger partial charge in [-0.05, 0) is 31.0 Å². The molecule has 84 valence electrons. The molecule has 1 saturated carbocycles. The number of aliphatic imine (C=N–C) groups is 1. The maximum absolute atomic E-state index is 11.6. The fourth-order valence-corrected chi connectivity index (χ4v) is 1.88. The minimum Gasteiger partial charge on any atom is -0.405 e. The number of carbonyl (C=O) groups is 1. The van der Waals surface area contributed by atoms with Gasteiger partial charge in [-0.25, -0.2) is 0 Å². The lowest BCUT2D eigenvalue weighted by molar-refractivity contribution is -0.114. The number of nitrogens with two attached hydrogens (primary N) is 1. The standard InChI is InChI=1S/C11H19N3O/c1-13-10(6-7-12)11(15)14-8-9-4-2-3-5-9/h6-7,9H,2-5,8,12H2,1H3,(H,14,15). The zero-order valence-electron chi connectivity index (χ0n) is 9.20. The van der Waals surface area contributed by atoms with Crippen LogP contribution in [-0.4, -0.2) is 25.2 Å². The summed E-state index contributed by atoms with van der Waals surface area (Å²) in [6.07, 6.45) is 7.88. The summed E-state index contributed by atoms with van der Waals surface area (Å²) in [5, 5.41) is 2.88. The normalized spacial score (nSPS) is 18.6. The topological polar surface area (TPSA) is 67.5 Å². The van der Waals surface area contributed by atoms with Crippen molar-refractivity contribution < 1.29 is 4.79 Å². The fraction of sp³-hybridized carbons (Fsp3) is 0.636.